The summed E-state index contributed by atoms with van der Waals surface area (Å²) in [5.74, 6) is -0.158. The maximum absolute atomic E-state index is 13.1. The molecule has 156 valence electrons. The van der Waals surface area contributed by atoms with E-state index in [0.717, 1.165) is 22.3 Å². The Morgan fingerprint density at radius 3 is 2.61 bits per heavy atom. The molecule has 9 heteroatoms. The molecule has 3 aromatic heterocycles. The molecule has 1 aromatic carbocycles. The fourth-order valence-corrected chi connectivity index (χ4v) is 3.76. The third kappa shape index (κ3) is 3.28. The standard InChI is InChI=1S/C22H21N7O2/c1-13-10-18(30)28(15(3)21(31)25-20-16(11-23)12-24-27(20)4)22-19(13)14(2)26-29(22)17-8-6-5-7-9-17/h5-10,12,15H,1-4H3,(H,25,31). The number of amides is 1. The zero-order chi connectivity index (χ0) is 22.3. The minimum absolute atomic E-state index is 0.245. The van der Waals surface area contributed by atoms with E-state index in [-0.39, 0.29) is 16.9 Å². The number of hydrogen-bond acceptors (Lipinski definition) is 5. The van der Waals surface area contributed by atoms with Gasteiger partial charge in [-0.3, -0.25) is 18.8 Å². The summed E-state index contributed by atoms with van der Waals surface area (Å²) in [6.07, 6.45) is 1.38. The van der Waals surface area contributed by atoms with Crippen LogP contribution in [0.1, 0.15) is 29.8 Å². The van der Waals surface area contributed by atoms with Crippen molar-refractivity contribution in [2.75, 3.05) is 5.32 Å². The molecule has 9 nitrogen and oxygen atoms in total. The number of nitriles is 1. The number of hydrogen-bond donors (Lipinski definition) is 1. The van der Waals surface area contributed by atoms with E-state index in [0.29, 0.717) is 5.65 Å². The van der Waals surface area contributed by atoms with Crippen molar-refractivity contribution in [1.82, 2.24) is 24.1 Å². The van der Waals surface area contributed by atoms with Crippen LogP contribution in [0.25, 0.3) is 16.7 Å². The number of rotatable bonds is 4. The predicted octanol–water partition coefficient (Wildman–Crippen LogP) is 2.61. The zero-order valence-electron chi connectivity index (χ0n) is 17.6. The number of pyridine rings is 1. The first-order chi connectivity index (χ1) is 14.8. The third-order valence-electron chi connectivity index (χ3n) is 5.30. The number of anilines is 1. The number of fused-ring (bicyclic) bond motifs is 1. The summed E-state index contributed by atoms with van der Waals surface area (Å²) in [5.41, 5.74) is 2.81. The average molecular weight is 415 g/mol. The molecule has 4 rings (SSSR count). The molecule has 3 heterocycles. The van der Waals surface area contributed by atoms with Crippen molar-refractivity contribution in [2.45, 2.75) is 26.8 Å². The molecule has 1 atom stereocenters. The molecular formula is C22H21N7O2. The summed E-state index contributed by atoms with van der Waals surface area (Å²) in [7, 11) is 1.63. The molecule has 0 saturated carbocycles. The van der Waals surface area contributed by atoms with Crippen molar-refractivity contribution in [3.8, 4) is 11.8 Å². The quantitative estimate of drug-likeness (QED) is 0.551. The summed E-state index contributed by atoms with van der Waals surface area (Å²) in [4.78, 5) is 26.2. The van der Waals surface area contributed by atoms with Crippen LogP contribution in [-0.4, -0.2) is 30.0 Å². The second-order valence-corrected chi connectivity index (χ2v) is 7.37. The van der Waals surface area contributed by atoms with Crippen LogP contribution in [0.4, 0.5) is 5.82 Å². The van der Waals surface area contributed by atoms with E-state index in [2.05, 4.69) is 15.5 Å². The normalized spacial score (nSPS) is 12.0. The zero-order valence-corrected chi connectivity index (χ0v) is 17.6. The second kappa shape index (κ2) is 7.57. The molecule has 0 radical (unpaired) electrons. The maximum Gasteiger partial charge on any atom is 0.253 e. The molecule has 4 aromatic rings. The number of carbonyl (C=O) groups is 1. The lowest BCUT2D eigenvalue weighted by Gasteiger charge is -2.18. The number of carbonyl (C=O) groups excluding carboxylic acids is 1. The highest BCUT2D eigenvalue weighted by atomic mass is 16.2. The summed E-state index contributed by atoms with van der Waals surface area (Å²) < 4.78 is 4.54. The van der Waals surface area contributed by atoms with E-state index in [1.165, 1.54) is 21.5 Å². The highest BCUT2D eigenvalue weighted by Crippen LogP contribution is 2.26. The van der Waals surface area contributed by atoms with Crippen LogP contribution >= 0.6 is 0 Å². The van der Waals surface area contributed by atoms with E-state index >= 15 is 0 Å². The second-order valence-electron chi connectivity index (χ2n) is 7.37. The molecule has 0 fully saturated rings. The van der Waals surface area contributed by atoms with Gasteiger partial charge in [-0.25, -0.2) is 4.68 Å². The van der Waals surface area contributed by atoms with Gasteiger partial charge >= 0.3 is 0 Å². The van der Waals surface area contributed by atoms with Crippen molar-refractivity contribution in [3.05, 3.63) is 69.8 Å². The highest BCUT2D eigenvalue weighted by Gasteiger charge is 2.25. The van der Waals surface area contributed by atoms with Crippen molar-refractivity contribution in [3.63, 3.8) is 0 Å². The summed E-state index contributed by atoms with van der Waals surface area (Å²) >= 11 is 0. The molecule has 31 heavy (non-hydrogen) atoms. The van der Waals surface area contributed by atoms with E-state index in [1.54, 1.807) is 18.7 Å². The fourth-order valence-electron chi connectivity index (χ4n) is 3.76. The molecule has 0 saturated heterocycles. The van der Waals surface area contributed by atoms with E-state index < -0.39 is 11.9 Å². The van der Waals surface area contributed by atoms with Crippen molar-refractivity contribution >= 4 is 22.8 Å². The molecule has 0 bridgehead atoms. The number of nitrogens with one attached hydrogen (secondary N) is 1. The van der Waals surface area contributed by atoms with Gasteiger partial charge in [0.25, 0.3) is 5.56 Å². The minimum Gasteiger partial charge on any atom is -0.308 e. The van der Waals surface area contributed by atoms with Crippen LogP contribution < -0.4 is 10.9 Å². The molecule has 0 aliphatic carbocycles. The van der Waals surface area contributed by atoms with Gasteiger partial charge < -0.3 is 5.32 Å². The van der Waals surface area contributed by atoms with Gasteiger partial charge in [0.2, 0.25) is 5.91 Å². The SMILES string of the molecule is Cc1cc(=O)n(C(C)C(=O)Nc2c(C#N)cnn2C)c2c1c(C)nn2-c1ccccc1. The Hall–Kier alpha value is -4.19. The molecule has 0 aliphatic heterocycles. The molecule has 1 amide bonds. The first kappa shape index (κ1) is 20.1. The van der Waals surface area contributed by atoms with Gasteiger partial charge in [-0.2, -0.15) is 15.5 Å². The summed E-state index contributed by atoms with van der Waals surface area (Å²) in [6.45, 7) is 5.38. The number of benzene rings is 1. The van der Waals surface area contributed by atoms with Crippen molar-refractivity contribution in [1.29, 1.82) is 5.26 Å². The van der Waals surface area contributed by atoms with Crippen molar-refractivity contribution in [2.24, 2.45) is 7.05 Å². The number of aromatic nitrogens is 5. The Kier molecular flexibility index (Phi) is 4.91. The molecule has 1 unspecified atom stereocenters. The minimum atomic E-state index is -0.865. The number of para-hydroxylation sites is 1. The van der Waals surface area contributed by atoms with Crippen LogP contribution in [0.2, 0.25) is 0 Å². The van der Waals surface area contributed by atoms with Gasteiger partial charge in [-0.15, -0.1) is 0 Å². The molecule has 1 N–H and O–H groups in total. The lowest BCUT2D eigenvalue weighted by atomic mass is 10.1. The molecule has 0 spiro atoms. The van der Waals surface area contributed by atoms with Crippen LogP contribution in [0, 0.1) is 25.2 Å². The van der Waals surface area contributed by atoms with Gasteiger partial charge in [-0.1, -0.05) is 18.2 Å². The Balaban J connectivity index is 1.89. The van der Waals surface area contributed by atoms with Gasteiger partial charge in [0.05, 0.1) is 17.6 Å². The fraction of sp³-hybridized carbons (Fsp3) is 0.227. The molecule has 0 aliphatic rings. The maximum atomic E-state index is 13.1. The first-order valence-corrected chi connectivity index (χ1v) is 9.73. The van der Waals surface area contributed by atoms with Crippen LogP contribution in [0.3, 0.4) is 0 Å². The van der Waals surface area contributed by atoms with E-state index in [4.69, 9.17) is 0 Å². The average Bonchev–Trinajstić information content (AvgIpc) is 3.28. The topological polar surface area (TPSA) is 111 Å². The van der Waals surface area contributed by atoms with Gasteiger partial charge in [0.15, 0.2) is 0 Å². The highest BCUT2D eigenvalue weighted by molar-refractivity contribution is 5.95. The lowest BCUT2D eigenvalue weighted by Crippen LogP contribution is -2.33. The first-order valence-electron chi connectivity index (χ1n) is 9.73. The third-order valence-corrected chi connectivity index (χ3v) is 5.30. The molecular weight excluding hydrogens is 394 g/mol. The van der Waals surface area contributed by atoms with Crippen LogP contribution in [0.15, 0.2) is 47.4 Å². The van der Waals surface area contributed by atoms with Crippen molar-refractivity contribution < 1.29 is 4.79 Å². The van der Waals surface area contributed by atoms with Gasteiger partial charge in [0, 0.05) is 18.5 Å². The van der Waals surface area contributed by atoms with Gasteiger partial charge in [0.1, 0.15) is 29.1 Å². The number of aryl methyl sites for hydroxylation is 3. The predicted molar refractivity (Wildman–Crippen MR) is 116 cm³/mol. The van der Waals surface area contributed by atoms with Gasteiger partial charge in [-0.05, 0) is 38.5 Å². The Labute approximate surface area is 178 Å². The largest absolute Gasteiger partial charge is 0.308 e. The number of nitrogens with zero attached hydrogens (tertiary/aromatic N) is 6. The Morgan fingerprint density at radius 2 is 1.94 bits per heavy atom. The smallest absolute Gasteiger partial charge is 0.253 e. The Bertz CT molecular complexity index is 1400. The van der Waals surface area contributed by atoms with Crippen LogP contribution in [0.5, 0.6) is 0 Å². The Morgan fingerprint density at radius 1 is 1.23 bits per heavy atom. The monoisotopic (exact) mass is 415 g/mol. The van der Waals surface area contributed by atoms with Crippen LogP contribution in [-0.2, 0) is 11.8 Å². The lowest BCUT2D eigenvalue weighted by molar-refractivity contribution is -0.118. The van der Waals surface area contributed by atoms with E-state index in [9.17, 15) is 14.9 Å². The van der Waals surface area contributed by atoms with E-state index in [1.807, 2.05) is 50.2 Å². The summed E-state index contributed by atoms with van der Waals surface area (Å²) in [6, 6.07) is 12.1. The summed E-state index contributed by atoms with van der Waals surface area (Å²) in [5, 5.41) is 21.5.